The van der Waals surface area contributed by atoms with Gasteiger partial charge in [-0.05, 0) is 17.7 Å². The van der Waals surface area contributed by atoms with Gasteiger partial charge in [-0.25, -0.2) is 0 Å². The van der Waals surface area contributed by atoms with E-state index in [0.29, 0.717) is 18.3 Å². The molecule has 8 heteroatoms. The summed E-state index contributed by atoms with van der Waals surface area (Å²) >= 11 is 1.80. The summed E-state index contributed by atoms with van der Waals surface area (Å²) in [7, 11) is 0. The summed E-state index contributed by atoms with van der Waals surface area (Å²) in [6, 6.07) is 6.22. The van der Waals surface area contributed by atoms with Crippen molar-refractivity contribution in [2.45, 2.75) is 25.2 Å². The van der Waals surface area contributed by atoms with Crippen LogP contribution in [-0.4, -0.2) is 65.5 Å². The average molecular weight is 369 g/mol. The van der Waals surface area contributed by atoms with Crippen LogP contribution < -0.4 is 4.74 Å². The van der Waals surface area contributed by atoms with E-state index in [-0.39, 0.29) is 18.1 Å². The minimum atomic E-state index is -2.84. The number of piperazine rings is 1. The van der Waals surface area contributed by atoms with Crippen LogP contribution in [0.2, 0.25) is 0 Å². The molecular formula is C17H21F2N3O2S. The molecule has 0 aliphatic carbocycles. The number of nitrogens with zero attached hydrogens (tertiary/aromatic N) is 3. The van der Waals surface area contributed by atoms with E-state index in [4.69, 9.17) is 0 Å². The Bertz CT molecular complexity index is 631. The molecule has 0 bridgehead atoms. The van der Waals surface area contributed by atoms with E-state index < -0.39 is 6.61 Å². The molecule has 0 spiro atoms. The first-order valence-electron chi connectivity index (χ1n) is 8.29. The van der Waals surface area contributed by atoms with Gasteiger partial charge in [-0.3, -0.25) is 9.79 Å². The second-order valence-electron chi connectivity index (χ2n) is 6.12. The lowest BCUT2D eigenvalue weighted by Gasteiger charge is -2.35. The maximum Gasteiger partial charge on any atom is 0.387 e. The van der Waals surface area contributed by atoms with Crippen molar-refractivity contribution in [1.29, 1.82) is 0 Å². The second-order valence-corrected chi connectivity index (χ2v) is 7.52. The maximum atomic E-state index is 12.4. The molecule has 5 nitrogen and oxygen atoms in total. The van der Waals surface area contributed by atoms with Crippen molar-refractivity contribution < 1.29 is 18.3 Å². The Morgan fingerprint density at radius 1 is 1.28 bits per heavy atom. The molecule has 1 atom stereocenters. The van der Waals surface area contributed by atoms with Crippen LogP contribution in [0.4, 0.5) is 8.78 Å². The Kier molecular flexibility index (Phi) is 5.78. The van der Waals surface area contributed by atoms with Crippen LogP contribution >= 0.6 is 11.8 Å². The number of benzene rings is 1. The Labute approximate surface area is 150 Å². The van der Waals surface area contributed by atoms with Gasteiger partial charge in [-0.2, -0.15) is 8.78 Å². The summed E-state index contributed by atoms with van der Waals surface area (Å²) < 4.78 is 28.6. The van der Waals surface area contributed by atoms with E-state index in [1.54, 1.807) is 23.9 Å². The molecule has 2 heterocycles. The largest absolute Gasteiger partial charge is 0.435 e. The molecule has 25 heavy (non-hydrogen) atoms. The van der Waals surface area contributed by atoms with Crippen LogP contribution in [0.15, 0.2) is 29.3 Å². The predicted octanol–water partition coefficient (Wildman–Crippen LogP) is 2.47. The minimum Gasteiger partial charge on any atom is -0.435 e. The van der Waals surface area contributed by atoms with E-state index >= 15 is 0 Å². The van der Waals surface area contributed by atoms with Crippen LogP contribution in [0, 0.1) is 0 Å². The van der Waals surface area contributed by atoms with Gasteiger partial charge in [-0.1, -0.05) is 30.8 Å². The molecule has 0 aromatic heterocycles. The molecule has 1 aromatic rings. The lowest BCUT2D eigenvalue weighted by atomic mass is 10.1. The van der Waals surface area contributed by atoms with Crippen LogP contribution in [0.5, 0.6) is 5.75 Å². The van der Waals surface area contributed by atoms with E-state index in [0.717, 1.165) is 30.4 Å². The van der Waals surface area contributed by atoms with Gasteiger partial charge >= 0.3 is 6.61 Å². The van der Waals surface area contributed by atoms with Gasteiger partial charge in [0.25, 0.3) is 0 Å². The number of hydrogen-bond acceptors (Lipinski definition) is 5. The highest BCUT2D eigenvalue weighted by molar-refractivity contribution is 8.14. The fraction of sp³-hybridized carbons (Fsp3) is 0.529. The number of alkyl halides is 2. The number of hydrogen-bond donors (Lipinski definition) is 0. The minimum absolute atomic E-state index is 0.0524. The lowest BCUT2D eigenvalue weighted by molar-refractivity contribution is -0.131. The number of rotatable bonds is 4. The monoisotopic (exact) mass is 369 g/mol. The van der Waals surface area contributed by atoms with Crippen LogP contribution in [0.25, 0.3) is 0 Å². The molecule has 0 N–H and O–H groups in total. The zero-order valence-corrected chi connectivity index (χ0v) is 14.8. The van der Waals surface area contributed by atoms with Crippen molar-refractivity contribution in [3.8, 4) is 5.75 Å². The quantitative estimate of drug-likeness (QED) is 0.818. The molecule has 1 fully saturated rings. The summed E-state index contributed by atoms with van der Waals surface area (Å²) in [4.78, 5) is 21.1. The summed E-state index contributed by atoms with van der Waals surface area (Å²) in [6.07, 6.45) is 0.266. The van der Waals surface area contributed by atoms with Crippen molar-refractivity contribution in [3.05, 3.63) is 29.8 Å². The summed E-state index contributed by atoms with van der Waals surface area (Å²) in [6.45, 7) is 3.15. The van der Waals surface area contributed by atoms with Gasteiger partial charge < -0.3 is 14.5 Å². The van der Waals surface area contributed by atoms with Crippen molar-refractivity contribution in [3.63, 3.8) is 0 Å². The van der Waals surface area contributed by atoms with Gasteiger partial charge in [0.15, 0.2) is 5.17 Å². The van der Waals surface area contributed by atoms with Crippen LogP contribution in [-0.2, 0) is 11.2 Å². The number of carbonyl (C=O) groups is 1. The molecule has 0 radical (unpaired) electrons. The third kappa shape index (κ3) is 4.84. The van der Waals surface area contributed by atoms with Crippen LogP contribution in [0.1, 0.15) is 12.5 Å². The Balaban J connectivity index is 1.48. The van der Waals surface area contributed by atoms with E-state index in [9.17, 15) is 13.6 Å². The van der Waals surface area contributed by atoms with E-state index in [2.05, 4.69) is 21.6 Å². The van der Waals surface area contributed by atoms with Crippen molar-refractivity contribution in [2.75, 3.05) is 32.7 Å². The molecule has 1 aromatic carbocycles. The van der Waals surface area contributed by atoms with Crippen LogP contribution in [0.3, 0.4) is 0 Å². The number of carbonyl (C=O) groups excluding carboxylic acids is 1. The fourth-order valence-corrected chi connectivity index (χ4v) is 3.85. The first-order chi connectivity index (χ1) is 12.0. The Hall–Kier alpha value is -1.83. The zero-order chi connectivity index (χ0) is 17.8. The Morgan fingerprint density at radius 3 is 2.52 bits per heavy atom. The Morgan fingerprint density at radius 2 is 1.96 bits per heavy atom. The van der Waals surface area contributed by atoms with Crippen molar-refractivity contribution in [2.24, 2.45) is 4.99 Å². The molecule has 2 aliphatic heterocycles. The van der Waals surface area contributed by atoms with Gasteiger partial charge in [0.05, 0.1) is 13.0 Å². The second kappa shape index (κ2) is 8.03. The molecule has 1 saturated heterocycles. The maximum absolute atomic E-state index is 12.4. The summed E-state index contributed by atoms with van der Waals surface area (Å²) in [5.74, 6) is 0.153. The first-order valence-corrected chi connectivity index (χ1v) is 9.17. The predicted molar refractivity (Wildman–Crippen MR) is 94.3 cm³/mol. The highest BCUT2D eigenvalue weighted by Crippen LogP contribution is 2.24. The first kappa shape index (κ1) is 18.0. The highest BCUT2D eigenvalue weighted by Gasteiger charge is 2.26. The van der Waals surface area contributed by atoms with Crippen molar-refractivity contribution >= 4 is 22.8 Å². The number of halogens is 2. The van der Waals surface area contributed by atoms with E-state index in [1.165, 1.54) is 12.1 Å². The summed E-state index contributed by atoms with van der Waals surface area (Å²) in [5, 5.41) is 1.63. The zero-order valence-electron chi connectivity index (χ0n) is 14.0. The highest BCUT2D eigenvalue weighted by atomic mass is 32.2. The SMILES string of the molecule is C[C@@H]1CN=C(N2CCN(C(=O)Cc3ccc(OC(F)F)cc3)CC2)S1. The van der Waals surface area contributed by atoms with Gasteiger partial charge in [0, 0.05) is 31.4 Å². The molecule has 3 rings (SSSR count). The molecule has 2 aliphatic rings. The summed E-state index contributed by atoms with van der Waals surface area (Å²) in [5.41, 5.74) is 0.790. The smallest absolute Gasteiger partial charge is 0.387 e. The number of ether oxygens (including phenoxy) is 1. The third-order valence-electron chi connectivity index (χ3n) is 4.20. The van der Waals surface area contributed by atoms with Gasteiger partial charge in [-0.15, -0.1) is 0 Å². The van der Waals surface area contributed by atoms with Gasteiger partial charge in [0.1, 0.15) is 5.75 Å². The topological polar surface area (TPSA) is 45.1 Å². The average Bonchev–Trinajstić information content (AvgIpc) is 3.03. The molecule has 0 saturated carbocycles. The number of thioether (sulfide) groups is 1. The van der Waals surface area contributed by atoms with Crippen molar-refractivity contribution in [1.82, 2.24) is 9.80 Å². The number of amides is 1. The molecular weight excluding hydrogens is 348 g/mol. The number of amidine groups is 1. The molecule has 136 valence electrons. The molecule has 0 unspecified atom stereocenters. The normalized spacial score (nSPS) is 20.8. The standard InChI is InChI=1S/C17H21F2N3O2S/c1-12-11-20-17(25-12)22-8-6-21(7-9-22)15(23)10-13-2-4-14(5-3-13)24-16(18)19/h2-5,12,16H,6-11H2,1H3/t12-/m1/s1. The van der Waals surface area contributed by atoms with E-state index in [1.807, 2.05) is 4.90 Å². The fourth-order valence-electron chi connectivity index (χ4n) is 2.86. The lowest BCUT2D eigenvalue weighted by Crippen LogP contribution is -2.50. The van der Waals surface area contributed by atoms with Gasteiger partial charge in [0.2, 0.25) is 5.91 Å². The number of aliphatic imine (C=N–C) groups is 1. The third-order valence-corrected chi connectivity index (χ3v) is 5.35. The molecule has 1 amide bonds.